The van der Waals surface area contributed by atoms with Crippen LogP contribution in [0.25, 0.3) is 15.9 Å². The minimum Gasteiger partial charge on any atom is -0.282 e. The van der Waals surface area contributed by atoms with Crippen LogP contribution in [0.15, 0.2) is 80.9 Å². The second-order valence-corrected chi connectivity index (χ2v) is 9.08. The molecule has 0 aliphatic rings. The van der Waals surface area contributed by atoms with Crippen LogP contribution in [0, 0.1) is 0 Å². The van der Waals surface area contributed by atoms with E-state index in [0.29, 0.717) is 44.0 Å². The van der Waals surface area contributed by atoms with Gasteiger partial charge in [0.2, 0.25) is 0 Å². The van der Waals surface area contributed by atoms with Crippen LogP contribution in [0.3, 0.4) is 0 Å². The number of benzene rings is 1. The first-order chi connectivity index (χ1) is 15.1. The molecule has 0 amide bonds. The predicted octanol–water partition coefficient (Wildman–Crippen LogP) is 4.46. The zero-order valence-corrected chi connectivity index (χ0v) is 18.5. The van der Waals surface area contributed by atoms with Gasteiger partial charge in [0.25, 0.3) is 11.1 Å². The fourth-order valence-electron chi connectivity index (χ4n) is 3.29. The van der Waals surface area contributed by atoms with Crippen molar-refractivity contribution in [2.75, 3.05) is 0 Å². The molecule has 0 radical (unpaired) electrons. The minimum atomic E-state index is -0.143. The Bertz CT molecular complexity index is 1540. The summed E-state index contributed by atoms with van der Waals surface area (Å²) in [6.07, 6.45) is 1.69. The van der Waals surface area contributed by atoms with Gasteiger partial charge < -0.3 is 0 Å². The molecule has 0 fully saturated rings. The molecule has 1 aromatic carbocycles. The van der Waals surface area contributed by atoms with E-state index in [1.165, 1.54) is 33.6 Å². The van der Waals surface area contributed by atoms with Crippen molar-refractivity contribution < 1.29 is 0 Å². The van der Waals surface area contributed by atoms with Crippen molar-refractivity contribution in [3.05, 3.63) is 103 Å². The maximum Gasteiger partial charge on any atom is 0.272 e. The third-order valence-electron chi connectivity index (χ3n) is 4.79. The molecule has 0 aliphatic heterocycles. The number of thiophene rings is 1. The second-order valence-electron chi connectivity index (χ2n) is 6.82. The molecule has 0 saturated heterocycles. The van der Waals surface area contributed by atoms with Gasteiger partial charge in [0, 0.05) is 23.0 Å². The summed E-state index contributed by atoms with van der Waals surface area (Å²) < 4.78 is 3.74. The van der Waals surface area contributed by atoms with Crippen LogP contribution >= 0.6 is 34.7 Å². The average molecular weight is 467 g/mol. The summed E-state index contributed by atoms with van der Waals surface area (Å²) >= 11 is 9.09. The molecule has 0 saturated carbocycles. The molecule has 5 rings (SSSR count). The second kappa shape index (κ2) is 8.30. The lowest BCUT2D eigenvalue weighted by molar-refractivity contribution is 0.659. The van der Waals surface area contributed by atoms with Gasteiger partial charge in [0.1, 0.15) is 10.3 Å². The first-order valence-corrected chi connectivity index (χ1v) is 11.7. The summed E-state index contributed by atoms with van der Waals surface area (Å²) in [5.74, 6) is 0.408. The normalized spacial score (nSPS) is 11.4. The summed E-state index contributed by atoms with van der Waals surface area (Å²) in [5, 5.41) is 3.02. The van der Waals surface area contributed by atoms with E-state index in [0.717, 1.165) is 5.56 Å². The van der Waals surface area contributed by atoms with E-state index in [4.69, 9.17) is 16.6 Å². The quantitative estimate of drug-likeness (QED) is 0.282. The summed E-state index contributed by atoms with van der Waals surface area (Å²) in [6.45, 7) is 0.315. The van der Waals surface area contributed by atoms with E-state index in [-0.39, 0.29) is 11.1 Å². The molecular weight excluding hydrogens is 452 g/mol. The fourth-order valence-corrected chi connectivity index (χ4v) is 5.15. The molecule has 0 N–H and O–H groups in total. The highest BCUT2D eigenvalue weighted by Gasteiger charge is 2.15. The third kappa shape index (κ3) is 3.89. The number of halogens is 1. The monoisotopic (exact) mass is 466 g/mol. The molecule has 0 atom stereocenters. The van der Waals surface area contributed by atoms with Crippen LogP contribution in [0.4, 0.5) is 0 Å². The summed E-state index contributed by atoms with van der Waals surface area (Å²) in [6, 6.07) is 16.2. The van der Waals surface area contributed by atoms with Gasteiger partial charge in [-0.2, -0.15) is 0 Å². The van der Waals surface area contributed by atoms with Gasteiger partial charge in [-0.15, -0.1) is 11.3 Å². The lowest BCUT2D eigenvalue weighted by Gasteiger charge is -2.13. The summed E-state index contributed by atoms with van der Waals surface area (Å²) in [5.41, 5.74) is 2.47. The van der Waals surface area contributed by atoms with Crippen molar-refractivity contribution in [1.29, 1.82) is 0 Å². The van der Waals surface area contributed by atoms with E-state index in [2.05, 4.69) is 4.98 Å². The molecule has 0 unspecified atom stereocenters. The Kier molecular flexibility index (Phi) is 5.35. The highest BCUT2D eigenvalue weighted by Crippen LogP contribution is 2.25. The Morgan fingerprint density at radius 1 is 1.03 bits per heavy atom. The number of nitrogens with zero attached hydrogens (tertiary/aromatic N) is 4. The van der Waals surface area contributed by atoms with Gasteiger partial charge in [0.15, 0.2) is 5.16 Å². The fraction of sp³-hybridized carbons (Fsp3) is 0.0909. The molecular formula is C22H15ClN4O2S2. The Morgan fingerprint density at radius 2 is 1.87 bits per heavy atom. The SMILES string of the molecule is O=c1c2sccc2nc(SCc2cc(=O)n3ccccc3n2)n1Cc1ccccc1Cl. The summed E-state index contributed by atoms with van der Waals surface area (Å²) in [4.78, 5) is 34.8. The molecule has 6 nitrogen and oxygen atoms in total. The van der Waals surface area contributed by atoms with E-state index >= 15 is 0 Å². The van der Waals surface area contributed by atoms with Crippen LogP contribution < -0.4 is 11.1 Å². The number of hydrogen-bond acceptors (Lipinski definition) is 6. The van der Waals surface area contributed by atoms with Crippen LogP contribution in [-0.4, -0.2) is 18.9 Å². The van der Waals surface area contributed by atoms with Crippen molar-refractivity contribution >= 4 is 50.6 Å². The molecule has 154 valence electrons. The first-order valence-electron chi connectivity index (χ1n) is 9.42. The minimum absolute atomic E-state index is 0.103. The van der Waals surface area contributed by atoms with E-state index in [1.54, 1.807) is 29.0 Å². The molecule has 31 heavy (non-hydrogen) atoms. The highest BCUT2D eigenvalue weighted by atomic mass is 35.5. The van der Waals surface area contributed by atoms with Gasteiger partial charge in [0.05, 0.1) is 17.8 Å². The maximum atomic E-state index is 13.2. The number of hydrogen-bond donors (Lipinski definition) is 0. The number of thioether (sulfide) groups is 1. The van der Waals surface area contributed by atoms with Crippen molar-refractivity contribution in [2.45, 2.75) is 17.5 Å². The van der Waals surface area contributed by atoms with Crippen LogP contribution in [0.2, 0.25) is 5.02 Å². The van der Waals surface area contributed by atoms with Gasteiger partial charge in [-0.25, -0.2) is 9.97 Å². The van der Waals surface area contributed by atoms with Crippen LogP contribution in [0.1, 0.15) is 11.3 Å². The lowest BCUT2D eigenvalue weighted by atomic mass is 10.2. The van der Waals surface area contributed by atoms with Gasteiger partial charge in [-0.3, -0.25) is 18.6 Å². The number of rotatable bonds is 5. The molecule has 9 heteroatoms. The van der Waals surface area contributed by atoms with Crippen molar-refractivity contribution in [3.63, 3.8) is 0 Å². The molecule has 4 aromatic heterocycles. The number of aromatic nitrogens is 4. The number of pyridine rings is 1. The van der Waals surface area contributed by atoms with Crippen molar-refractivity contribution in [2.24, 2.45) is 0 Å². The molecule has 0 aliphatic carbocycles. The first kappa shape index (κ1) is 20.0. The van der Waals surface area contributed by atoms with E-state index in [1.807, 2.05) is 35.7 Å². The Labute approximate surface area is 189 Å². The standard InChI is InChI=1S/C22H15ClN4O2S2/c23-16-6-2-1-5-14(16)12-27-21(29)20-17(8-10-30-20)25-22(27)31-13-15-11-19(28)26-9-4-3-7-18(26)24-15/h1-11H,12-13H2. The highest BCUT2D eigenvalue weighted by molar-refractivity contribution is 7.98. The van der Waals surface area contributed by atoms with Crippen LogP contribution in [0.5, 0.6) is 0 Å². The Morgan fingerprint density at radius 3 is 2.74 bits per heavy atom. The molecule has 5 aromatic rings. The topological polar surface area (TPSA) is 69.3 Å². The number of fused-ring (bicyclic) bond motifs is 2. The van der Waals surface area contributed by atoms with Crippen LogP contribution in [-0.2, 0) is 12.3 Å². The molecule has 0 bridgehead atoms. The lowest BCUT2D eigenvalue weighted by Crippen LogP contribution is -2.23. The van der Waals surface area contributed by atoms with Gasteiger partial charge in [-0.05, 0) is 35.2 Å². The maximum absolute atomic E-state index is 13.2. The van der Waals surface area contributed by atoms with Gasteiger partial charge in [-0.1, -0.05) is 47.6 Å². The zero-order valence-electron chi connectivity index (χ0n) is 16.1. The van der Waals surface area contributed by atoms with E-state index < -0.39 is 0 Å². The zero-order chi connectivity index (χ0) is 21.4. The molecule has 0 spiro atoms. The van der Waals surface area contributed by atoms with Crippen molar-refractivity contribution in [1.82, 2.24) is 18.9 Å². The average Bonchev–Trinajstić information content (AvgIpc) is 3.25. The van der Waals surface area contributed by atoms with E-state index in [9.17, 15) is 9.59 Å². The Balaban J connectivity index is 1.54. The third-order valence-corrected chi connectivity index (χ3v) is 7.06. The van der Waals surface area contributed by atoms with Gasteiger partial charge >= 0.3 is 0 Å². The van der Waals surface area contributed by atoms with Crippen molar-refractivity contribution in [3.8, 4) is 0 Å². The predicted molar refractivity (Wildman–Crippen MR) is 125 cm³/mol. The molecule has 4 heterocycles. The summed E-state index contributed by atoms with van der Waals surface area (Å²) in [7, 11) is 0. The largest absolute Gasteiger partial charge is 0.282 e. The Hall–Kier alpha value is -2.94. The smallest absolute Gasteiger partial charge is 0.272 e.